The standard InChI is InChI=1S/C21H25N5O3/c1-11-9-7-8-10-16(11)24-12(2)13(3)25-17-18(22-20(24)25)23(6)21(29)26(19(17)28)14(4)15(5)27/h7-10,14,17-18H,1-6H3. The van der Waals surface area contributed by atoms with Gasteiger partial charge in [0.2, 0.25) is 5.96 Å². The second-order valence-electron chi connectivity index (χ2n) is 7.84. The van der Waals surface area contributed by atoms with Gasteiger partial charge in [0.15, 0.2) is 18.0 Å². The van der Waals surface area contributed by atoms with Crippen LogP contribution >= 0.6 is 0 Å². The summed E-state index contributed by atoms with van der Waals surface area (Å²) < 4.78 is 0. The molecule has 4 rings (SSSR count). The van der Waals surface area contributed by atoms with Crippen molar-refractivity contribution in [3.8, 4) is 0 Å². The number of fused-ring (bicyclic) bond motifs is 3. The maximum absolute atomic E-state index is 13.4. The van der Waals surface area contributed by atoms with Gasteiger partial charge in [-0.2, -0.15) is 0 Å². The number of nitrogens with zero attached hydrogens (tertiary/aromatic N) is 5. The molecule has 0 bridgehead atoms. The first-order valence-corrected chi connectivity index (χ1v) is 9.67. The fourth-order valence-electron chi connectivity index (χ4n) is 4.22. The van der Waals surface area contributed by atoms with Crippen molar-refractivity contribution in [1.82, 2.24) is 14.7 Å². The Morgan fingerprint density at radius 2 is 1.76 bits per heavy atom. The van der Waals surface area contributed by atoms with Crippen LogP contribution in [0.3, 0.4) is 0 Å². The van der Waals surface area contributed by atoms with Crippen molar-refractivity contribution in [3.63, 3.8) is 0 Å². The van der Waals surface area contributed by atoms with Crippen LogP contribution < -0.4 is 4.90 Å². The Kier molecular flexibility index (Phi) is 4.25. The second-order valence-corrected chi connectivity index (χ2v) is 7.84. The van der Waals surface area contributed by atoms with E-state index in [0.29, 0.717) is 5.96 Å². The lowest BCUT2D eigenvalue weighted by Gasteiger charge is -2.42. The number of amides is 3. The molecule has 1 aromatic carbocycles. The molecule has 1 aromatic rings. The highest BCUT2D eigenvalue weighted by atomic mass is 16.2. The van der Waals surface area contributed by atoms with Gasteiger partial charge >= 0.3 is 6.03 Å². The molecule has 3 aliphatic heterocycles. The van der Waals surface area contributed by atoms with Crippen LogP contribution in [0.1, 0.15) is 33.3 Å². The van der Waals surface area contributed by atoms with E-state index in [1.807, 2.05) is 54.8 Å². The molecule has 0 radical (unpaired) electrons. The number of benzene rings is 1. The molecule has 3 atom stereocenters. The van der Waals surface area contributed by atoms with Crippen LogP contribution in [0.25, 0.3) is 0 Å². The van der Waals surface area contributed by atoms with Crippen LogP contribution in [0.2, 0.25) is 0 Å². The van der Waals surface area contributed by atoms with Crippen molar-refractivity contribution in [2.24, 2.45) is 4.99 Å². The summed E-state index contributed by atoms with van der Waals surface area (Å²) in [5.41, 5.74) is 3.96. The van der Waals surface area contributed by atoms with Gasteiger partial charge < -0.3 is 4.90 Å². The summed E-state index contributed by atoms with van der Waals surface area (Å²) >= 11 is 0. The number of allylic oxidation sites excluding steroid dienone is 2. The lowest BCUT2D eigenvalue weighted by molar-refractivity contribution is -0.142. The van der Waals surface area contributed by atoms with Gasteiger partial charge in [0.25, 0.3) is 5.91 Å². The lowest BCUT2D eigenvalue weighted by atomic mass is 10.1. The molecule has 0 saturated carbocycles. The quantitative estimate of drug-likeness (QED) is 0.785. The number of hydrogen-bond acceptors (Lipinski definition) is 6. The van der Waals surface area contributed by atoms with E-state index in [0.717, 1.165) is 27.5 Å². The Hall–Kier alpha value is -3.16. The Morgan fingerprint density at radius 1 is 1.10 bits per heavy atom. The lowest BCUT2D eigenvalue weighted by Crippen LogP contribution is -2.67. The molecule has 29 heavy (non-hydrogen) atoms. The summed E-state index contributed by atoms with van der Waals surface area (Å²) in [5.74, 6) is 0.0112. The number of hydrogen-bond donors (Lipinski definition) is 0. The third-order valence-corrected chi connectivity index (χ3v) is 6.17. The molecule has 3 heterocycles. The molecule has 8 heteroatoms. The van der Waals surface area contributed by atoms with Crippen molar-refractivity contribution in [1.29, 1.82) is 0 Å². The number of likely N-dealkylation sites (N-methyl/N-ethyl adjacent to an activating group) is 1. The molecule has 3 aliphatic rings. The summed E-state index contributed by atoms with van der Waals surface area (Å²) in [4.78, 5) is 49.4. The predicted octanol–water partition coefficient (Wildman–Crippen LogP) is 2.30. The zero-order valence-corrected chi connectivity index (χ0v) is 17.5. The molecule has 0 spiro atoms. The number of aryl methyl sites for hydroxylation is 1. The molecule has 0 aromatic heterocycles. The topological polar surface area (TPSA) is 76.5 Å². The third kappa shape index (κ3) is 2.51. The first kappa shape index (κ1) is 19.2. The van der Waals surface area contributed by atoms with E-state index in [-0.39, 0.29) is 5.78 Å². The minimum Gasteiger partial charge on any atom is -0.302 e. The third-order valence-electron chi connectivity index (χ3n) is 6.17. The van der Waals surface area contributed by atoms with Crippen molar-refractivity contribution in [2.75, 3.05) is 11.9 Å². The van der Waals surface area contributed by atoms with Crippen LogP contribution in [0, 0.1) is 6.92 Å². The average Bonchev–Trinajstić information content (AvgIpc) is 3.17. The molecule has 1 saturated heterocycles. The Balaban J connectivity index is 1.80. The first-order valence-electron chi connectivity index (χ1n) is 9.67. The average molecular weight is 395 g/mol. The molecule has 0 aliphatic carbocycles. The van der Waals surface area contributed by atoms with Gasteiger partial charge in [0, 0.05) is 18.4 Å². The number of guanidine groups is 1. The van der Waals surface area contributed by atoms with E-state index in [1.54, 1.807) is 14.0 Å². The van der Waals surface area contributed by atoms with E-state index in [9.17, 15) is 14.4 Å². The number of para-hydroxylation sites is 1. The molecular formula is C21H25N5O3. The highest BCUT2D eigenvalue weighted by Gasteiger charge is 2.57. The van der Waals surface area contributed by atoms with Gasteiger partial charge in [-0.25, -0.2) is 9.79 Å². The molecule has 0 N–H and O–H groups in total. The summed E-state index contributed by atoms with van der Waals surface area (Å²) in [7, 11) is 1.63. The summed E-state index contributed by atoms with van der Waals surface area (Å²) in [5, 5.41) is 0. The monoisotopic (exact) mass is 395 g/mol. The Morgan fingerprint density at radius 3 is 2.38 bits per heavy atom. The zero-order valence-electron chi connectivity index (χ0n) is 17.5. The van der Waals surface area contributed by atoms with Gasteiger partial charge in [-0.15, -0.1) is 0 Å². The highest BCUT2D eigenvalue weighted by Crippen LogP contribution is 2.40. The van der Waals surface area contributed by atoms with E-state index in [2.05, 4.69) is 0 Å². The fourth-order valence-corrected chi connectivity index (χ4v) is 4.22. The minimum atomic E-state index is -0.817. The number of carbonyl (C=O) groups excluding carboxylic acids is 3. The smallest absolute Gasteiger partial charge is 0.302 e. The van der Waals surface area contributed by atoms with Crippen molar-refractivity contribution < 1.29 is 14.4 Å². The van der Waals surface area contributed by atoms with Crippen molar-refractivity contribution in [3.05, 3.63) is 41.2 Å². The number of aliphatic imine (C=N–C) groups is 1. The van der Waals surface area contributed by atoms with Crippen LogP contribution in [-0.2, 0) is 9.59 Å². The molecule has 3 amide bonds. The van der Waals surface area contributed by atoms with Crippen LogP contribution in [0.4, 0.5) is 10.5 Å². The van der Waals surface area contributed by atoms with Gasteiger partial charge in [-0.3, -0.25) is 24.3 Å². The van der Waals surface area contributed by atoms with Gasteiger partial charge in [-0.05, 0) is 46.2 Å². The Bertz CT molecular complexity index is 998. The summed E-state index contributed by atoms with van der Waals surface area (Å²) in [6.45, 7) is 8.95. The summed E-state index contributed by atoms with van der Waals surface area (Å²) in [6.07, 6.45) is -0.630. The number of Topliss-reactive ketones (excluding diaryl/α,β-unsaturated/α-hetero) is 1. The molecular weight excluding hydrogens is 370 g/mol. The van der Waals surface area contributed by atoms with Gasteiger partial charge in [-0.1, -0.05) is 18.2 Å². The van der Waals surface area contributed by atoms with Crippen molar-refractivity contribution in [2.45, 2.75) is 52.9 Å². The zero-order chi connectivity index (χ0) is 21.2. The predicted molar refractivity (Wildman–Crippen MR) is 109 cm³/mol. The van der Waals surface area contributed by atoms with E-state index < -0.39 is 30.2 Å². The van der Waals surface area contributed by atoms with Gasteiger partial charge in [0.1, 0.15) is 0 Å². The second kappa shape index (κ2) is 6.43. The minimum absolute atomic E-state index is 0.232. The van der Waals surface area contributed by atoms with Crippen LogP contribution in [0.5, 0.6) is 0 Å². The van der Waals surface area contributed by atoms with E-state index in [1.165, 1.54) is 11.8 Å². The maximum Gasteiger partial charge on any atom is 0.328 e. The van der Waals surface area contributed by atoms with E-state index >= 15 is 0 Å². The molecule has 3 unspecified atom stereocenters. The molecule has 152 valence electrons. The Labute approximate surface area is 170 Å². The van der Waals surface area contributed by atoms with Gasteiger partial charge in [0.05, 0.1) is 11.7 Å². The number of anilines is 1. The first-order chi connectivity index (χ1) is 13.7. The van der Waals surface area contributed by atoms with Crippen molar-refractivity contribution >= 4 is 29.4 Å². The highest BCUT2D eigenvalue weighted by molar-refractivity contribution is 6.11. The summed E-state index contributed by atoms with van der Waals surface area (Å²) in [6, 6.07) is 5.99. The number of imide groups is 1. The maximum atomic E-state index is 13.4. The number of rotatable bonds is 3. The normalized spacial score (nSPS) is 24.8. The number of urea groups is 1. The molecule has 1 fully saturated rings. The fraction of sp³-hybridized carbons (Fsp3) is 0.429. The SMILES string of the molecule is CC(=O)C(C)N1C(=O)C2C(N=C3N(c4ccccc4C)C(C)=C(C)N32)N(C)C1=O. The largest absolute Gasteiger partial charge is 0.328 e. The van der Waals surface area contributed by atoms with Crippen LogP contribution in [-0.4, -0.2) is 63.7 Å². The molecule has 8 nitrogen and oxygen atoms in total. The number of carbonyl (C=O) groups is 3. The van der Waals surface area contributed by atoms with Crippen LogP contribution in [0.15, 0.2) is 40.7 Å². The van der Waals surface area contributed by atoms with E-state index in [4.69, 9.17) is 4.99 Å². The number of ketones is 1.